The van der Waals surface area contributed by atoms with E-state index in [2.05, 4.69) is 34.6 Å². The van der Waals surface area contributed by atoms with E-state index in [0.717, 1.165) is 11.5 Å². The van der Waals surface area contributed by atoms with Crippen molar-refractivity contribution in [1.29, 1.82) is 0 Å². The molecule has 7 heteroatoms. The summed E-state index contributed by atoms with van der Waals surface area (Å²) in [5.74, 6) is -0.766. The van der Waals surface area contributed by atoms with Gasteiger partial charge in [-0.25, -0.2) is 9.78 Å². The van der Waals surface area contributed by atoms with Gasteiger partial charge in [-0.1, -0.05) is 24.3 Å². The number of nitrogens with zero attached hydrogens (tertiary/aromatic N) is 1. The van der Waals surface area contributed by atoms with Gasteiger partial charge in [0.15, 0.2) is 17.2 Å². The van der Waals surface area contributed by atoms with Crippen molar-refractivity contribution in [3.63, 3.8) is 0 Å². The number of esters is 1. The molecule has 0 radical (unpaired) electrons. The third-order valence-corrected chi connectivity index (χ3v) is 4.69. The zero-order valence-electron chi connectivity index (χ0n) is 16.0. The van der Waals surface area contributed by atoms with Gasteiger partial charge in [-0.2, -0.15) is 0 Å². The van der Waals surface area contributed by atoms with Crippen LogP contribution in [0.25, 0.3) is 0 Å². The molecule has 1 amide bonds. The number of hydrogen-bond acceptors (Lipinski definition) is 6. The lowest BCUT2D eigenvalue weighted by Gasteiger charge is -2.14. The fraction of sp³-hybridized carbons (Fsp3) is 0.381. The topological polar surface area (TPSA) is 97.8 Å². The number of hydrogen-bond donors (Lipinski definition) is 2. The molecule has 148 valence electrons. The second kappa shape index (κ2) is 8.73. The molecular weight excluding hydrogens is 360 g/mol. The molecule has 1 aromatic heterocycles. The molecule has 3 rings (SSSR count). The molecule has 28 heavy (non-hydrogen) atoms. The molecule has 1 atom stereocenters. The van der Waals surface area contributed by atoms with Crippen molar-refractivity contribution in [2.45, 2.75) is 38.1 Å². The van der Waals surface area contributed by atoms with Gasteiger partial charge in [0.25, 0.3) is 5.91 Å². The van der Waals surface area contributed by atoms with Crippen LogP contribution in [0.2, 0.25) is 0 Å². The summed E-state index contributed by atoms with van der Waals surface area (Å²) in [7, 11) is 1.37. The number of amides is 1. The molecule has 0 unspecified atom stereocenters. The van der Waals surface area contributed by atoms with Gasteiger partial charge in [0.2, 0.25) is 0 Å². The first-order chi connectivity index (χ1) is 13.5. The monoisotopic (exact) mass is 384 g/mol. The van der Waals surface area contributed by atoms with Crippen molar-refractivity contribution in [1.82, 2.24) is 10.3 Å². The Morgan fingerprint density at radius 1 is 1.25 bits per heavy atom. The third-order valence-electron chi connectivity index (χ3n) is 4.69. The predicted molar refractivity (Wildman–Crippen MR) is 102 cm³/mol. The van der Waals surface area contributed by atoms with Crippen LogP contribution < -0.4 is 10.1 Å². The van der Waals surface area contributed by atoms with Gasteiger partial charge in [-0.3, -0.25) is 4.79 Å². The highest BCUT2D eigenvalue weighted by atomic mass is 16.5. The van der Waals surface area contributed by atoms with E-state index in [1.54, 1.807) is 0 Å². The Balaban J connectivity index is 1.46. The van der Waals surface area contributed by atoms with Crippen LogP contribution in [0.15, 0.2) is 36.5 Å². The lowest BCUT2D eigenvalue weighted by Crippen LogP contribution is -2.40. The zero-order valence-corrected chi connectivity index (χ0v) is 16.0. The van der Waals surface area contributed by atoms with Crippen LogP contribution in [-0.2, 0) is 16.0 Å². The highest BCUT2D eigenvalue weighted by Gasteiger charge is 2.23. The molecule has 1 saturated carbocycles. The Hall–Kier alpha value is -3.09. The smallest absolute Gasteiger partial charge is 0.328 e. The van der Waals surface area contributed by atoms with Crippen LogP contribution in [0.4, 0.5) is 0 Å². The summed E-state index contributed by atoms with van der Waals surface area (Å²) >= 11 is 0. The Labute approximate surface area is 163 Å². The lowest BCUT2D eigenvalue weighted by molar-refractivity contribution is -0.145. The molecule has 0 bridgehead atoms. The number of aromatic hydroxyl groups is 1. The minimum absolute atomic E-state index is 0.128. The molecule has 2 N–H and O–H groups in total. The summed E-state index contributed by atoms with van der Waals surface area (Å²) < 4.78 is 10.2. The van der Waals surface area contributed by atoms with E-state index < -0.39 is 17.9 Å². The minimum atomic E-state index is -0.878. The van der Waals surface area contributed by atoms with Crippen molar-refractivity contribution >= 4 is 11.9 Å². The molecule has 1 aromatic carbocycles. The number of benzene rings is 1. The average molecular weight is 384 g/mol. The maximum atomic E-state index is 12.2. The Kier molecular flexibility index (Phi) is 6.13. The largest absolute Gasteiger partial charge is 0.503 e. The SMILES string of the molecule is COc1ccnc(C(=O)N[C@@H](C)C(=O)OCCc2ccc(C3CC3)cc2)c1O. The summed E-state index contributed by atoms with van der Waals surface area (Å²) in [5.41, 5.74) is 2.25. The van der Waals surface area contributed by atoms with E-state index in [-0.39, 0.29) is 23.8 Å². The van der Waals surface area contributed by atoms with Crippen molar-refractivity contribution in [2.75, 3.05) is 13.7 Å². The Bertz CT molecular complexity index is 846. The summed E-state index contributed by atoms with van der Waals surface area (Å²) in [6.45, 7) is 1.74. The lowest BCUT2D eigenvalue weighted by atomic mass is 10.1. The molecule has 0 saturated heterocycles. The van der Waals surface area contributed by atoms with E-state index in [4.69, 9.17) is 9.47 Å². The summed E-state index contributed by atoms with van der Waals surface area (Å²) in [6.07, 6.45) is 4.48. The Morgan fingerprint density at radius 2 is 1.96 bits per heavy atom. The third kappa shape index (κ3) is 4.79. The van der Waals surface area contributed by atoms with Crippen LogP contribution in [0.1, 0.15) is 47.3 Å². The van der Waals surface area contributed by atoms with Gasteiger partial charge in [-0.05, 0) is 36.8 Å². The number of aromatic nitrogens is 1. The number of ether oxygens (including phenoxy) is 2. The van der Waals surface area contributed by atoms with Crippen molar-refractivity contribution < 1.29 is 24.2 Å². The quantitative estimate of drug-likeness (QED) is 0.679. The van der Waals surface area contributed by atoms with Gasteiger partial charge in [0, 0.05) is 18.7 Å². The van der Waals surface area contributed by atoms with E-state index in [1.807, 2.05) is 0 Å². The van der Waals surface area contributed by atoms with Crippen molar-refractivity contribution in [3.8, 4) is 11.5 Å². The second-order valence-corrected chi connectivity index (χ2v) is 6.84. The molecule has 1 aliphatic rings. The normalized spacial score (nSPS) is 14.2. The van der Waals surface area contributed by atoms with Gasteiger partial charge >= 0.3 is 5.97 Å². The summed E-state index contributed by atoms with van der Waals surface area (Å²) in [5, 5.41) is 12.4. The summed E-state index contributed by atoms with van der Waals surface area (Å²) in [4.78, 5) is 28.2. The standard InChI is InChI=1S/C21H24N2O5/c1-13(23-20(25)18-19(24)17(27-2)9-11-22-18)21(26)28-12-10-14-3-5-15(6-4-14)16-7-8-16/h3-6,9,11,13,16,24H,7-8,10,12H2,1-2H3,(H,23,25)/t13-/m0/s1. The first-order valence-electron chi connectivity index (χ1n) is 9.28. The zero-order chi connectivity index (χ0) is 20.1. The second-order valence-electron chi connectivity index (χ2n) is 6.84. The fourth-order valence-electron chi connectivity index (χ4n) is 2.86. The van der Waals surface area contributed by atoms with Crippen LogP contribution in [0.5, 0.6) is 11.5 Å². The van der Waals surface area contributed by atoms with Gasteiger partial charge in [0.1, 0.15) is 6.04 Å². The maximum absolute atomic E-state index is 12.2. The molecule has 0 aliphatic heterocycles. The molecule has 1 heterocycles. The van der Waals surface area contributed by atoms with Crippen molar-refractivity contribution in [2.24, 2.45) is 0 Å². The van der Waals surface area contributed by atoms with Gasteiger partial charge in [0.05, 0.1) is 13.7 Å². The number of carbonyl (C=O) groups excluding carboxylic acids is 2. The van der Waals surface area contributed by atoms with Crippen LogP contribution in [0, 0.1) is 0 Å². The molecule has 1 aliphatic carbocycles. The van der Waals surface area contributed by atoms with Gasteiger partial charge < -0.3 is 19.9 Å². The highest BCUT2D eigenvalue weighted by molar-refractivity contribution is 5.97. The Morgan fingerprint density at radius 3 is 2.61 bits per heavy atom. The van der Waals surface area contributed by atoms with Crippen LogP contribution in [0.3, 0.4) is 0 Å². The van der Waals surface area contributed by atoms with E-state index >= 15 is 0 Å². The molecule has 7 nitrogen and oxygen atoms in total. The number of rotatable bonds is 8. The molecular formula is C21H24N2O5. The van der Waals surface area contributed by atoms with Crippen molar-refractivity contribution in [3.05, 3.63) is 53.3 Å². The molecule has 2 aromatic rings. The van der Waals surface area contributed by atoms with Crippen LogP contribution >= 0.6 is 0 Å². The number of nitrogens with one attached hydrogen (secondary N) is 1. The van der Waals surface area contributed by atoms with E-state index in [9.17, 15) is 14.7 Å². The van der Waals surface area contributed by atoms with E-state index in [0.29, 0.717) is 6.42 Å². The number of pyridine rings is 1. The first kappa shape index (κ1) is 19.7. The van der Waals surface area contributed by atoms with E-state index in [1.165, 1.54) is 44.7 Å². The predicted octanol–water partition coefficient (Wildman–Crippen LogP) is 2.58. The molecule has 0 spiro atoms. The number of methoxy groups -OCH3 is 1. The van der Waals surface area contributed by atoms with Crippen LogP contribution in [-0.4, -0.2) is 41.7 Å². The number of carbonyl (C=O) groups is 2. The highest BCUT2D eigenvalue weighted by Crippen LogP contribution is 2.39. The summed E-state index contributed by atoms with van der Waals surface area (Å²) in [6, 6.07) is 8.93. The van der Waals surface area contributed by atoms with Gasteiger partial charge in [-0.15, -0.1) is 0 Å². The average Bonchev–Trinajstić information content (AvgIpc) is 3.53. The first-order valence-corrected chi connectivity index (χ1v) is 9.28. The fourth-order valence-corrected chi connectivity index (χ4v) is 2.86. The molecule has 1 fully saturated rings. The minimum Gasteiger partial charge on any atom is -0.503 e. The maximum Gasteiger partial charge on any atom is 0.328 e.